The molecule has 2 aliphatic rings. The molecule has 0 bridgehead atoms. The van der Waals surface area contributed by atoms with Crippen LogP contribution in [0.1, 0.15) is 56.6 Å². The van der Waals surface area contributed by atoms with Crippen LogP contribution in [-0.4, -0.2) is 30.1 Å². The minimum absolute atomic E-state index is 0.415. The van der Waals surface area contributed by atoms with Crippen molar-refractivity contribution in [3.05, 3.63) is 35.4 Å². The van der Waals surface area contributed by atoms with Crippen LogP contribution in [0.2, 0.25) is 0 Å². The van der Waals surface area contributed by atoms with Crippen LogP contribution in [0.5, 0.6) is 0 Å². The molecule has 0 amide bonds. The number of hydrogen-bond donors (Lipinski definition) is 1. The second-order valence-corrected chi connectivity index (χ2v) is 7.00. The lowest BCUT2D eigenvalue weighted by atomic mass is 9.81. The zero-order valence-electron chi connectivity index (χ0n) is 13.5. The van der Waals surface area contributed by atoms with Crippen LogP contribution >= 0.6 is 0 Å². The van der Waals surface area contributed by atoms with Crippen LogP contribution in [0.25, 0.3) is 0 Å². The molecule has 1 saturated carbocycles. The maximum Gasteiger partial charge on any atom is 0.0308 e. The van der Waals surface area contributed by atoms with Crippen LogP contribution < -0.4 is 5.32 Å². The van der Waals surface area contributed by atoms with Gasteiger partial charge in [0.25, 0.3) is 0 Å². The van der Waals surface area contributed by atoms with Crippen LogP contribution in [-0.2, 0) is 13.0 Å². The van der Waals surface area contributed by atoms with Crippen molar-refractivity contribution in [1.82, 2.24) is 10.2 Å². The summed E-state index contributed by atoms with van der Waals surface area (Å²) < 4.78 is 0. The number of benzene rings is 1. The van der Waals surface area contributed by atoms with E-state index in [1.54, 1.807) is 0 Å². The van der Waals surface area contributed by atoms with Crippen LogP contribution in [0.4, 0.5) is 0 Å². The number of nitrogens with one attached hydrogen (secondary N) is 1. The van der Waals surface area contributed by atoms with Gasteiger partial charge < -0.3 is 5.32 Å². The topological polar surface area (TPSA) is 15.3 Å². The third-order valence-electron chi connectivity index (χ3n) is 5.33. The van der Waals surface area contributed by atoms with E-state index in [0.717, 1.165) is 13.0 Å². The van der Waals surface area contributed by atoms with Crippen LogP contribution in [0.3, 0.4) is 0 Å². The largest absolute Gasteiger partial charge is 0.310 e. The lowest BCUT2D eigenvalue weighted by Crippen LogP contribution is -2.52. The number of rotatable bonds is 3. The van der Waals surface area contributed by atoms with E-state index in [2.05, 4.69) is 41.4 Å². The summed E-state index contributed by atoms with van der Waals surface area (Å²) in [6.07, 6.45) is 9.42. The minimum atomic E-state index is 0.415. The molecule has 116 valence electrons. The first-order valence-electron chi connectivity index (χ1n) is 8.85. The molecule has 1 aliphatic heterocycles. The van der Waals surface area contributed by atoms with Crippen molar-refractivity contribution >= 4 is 0 Å². The normalized spacial score (nSPS) is 23.1. The van der Waals surface area contributed by atoms with Gasteiger partial charge in [0.15, 0.2) is 0 Å². The zero-order chi connectivity index (χ0) is 14.5. The second-order valence-electron chi connectivity index (χ2n) is 7.00. The Labute approximate surface area is 129 Å². The van der Waals surface area contributed by atoms with Gasteiger partial charge in [-0.3, -0.25) is 4.90 Å². The fraction of sp³-hybridized carbons (Fsp3) is 0.684. The Morgan fingerprint density at radius 2 is 1.71 bits per heavy atom. The highest BCUT2D eigenvalue weighted by Gasteiger charge is 2.34. The molecule has 1 aromatic rings. The Morgan fingerprint density at radius 3 is 2.43 bits per heavy atom. The minimum Gasteiger partial charge on any atom is -0.310 e. The Kier molecular flexibility index (Phi) is 4.97. The van der Waals surface area contributed by atoms with Gasteiger partial charge >= 0.3 is 0 Å². The molecule has 2 fully saturated rings. The van der Waals surface area contributed by atoms with E-state index in [1.807, 2.05) is 0 Å². The molecule has 0 radical (unpaired) electrons. The summed E-state index contributed by atoms with van der Waals surface area (Å²) in [6, 6.07) is 9.24. The molecule has 0 atom stereocenters. The van der Waals surface area contributed by atoms with E-state index >= 15 is 0 Å². The van der Waals surface area contributed by atoms with Gasteiger partial charge in [-0.2, -0.15) is 0 Å². The van der Waals surface area contributed by atoms with Crippen molar-refractivity contribution < 1.29 is 0 Å². The molecular formula is C19H30N2. The van der Waals surface area contributed by atoms with Crippen molar-refractivity contribution in [2.75, 3.05) is 19.6 Å². The highest BCUT2D eigenvalue weighted by molar-refractivity contribution is 5.22. The highest BCUT2D eigenvalue weighted by Crippen LogP contribution is 2.30. The molecule has 1 spiro atoms. The van der Waals surface area contributed by atoms with E-state index in [1.165, 1.54) is 69.3 Å². The standard InChI is InChI=1S/C19H30N2/c1-2-17-7-9-18(10-8-17)15-21-14-6-13-20-19(16-21)11-4-3-5-12-19/h7-10,20H,2-6,11-16H2,1H3. The number of aryl methyl sites for hydroxylation is 1. The van der Waals surface area contributed by atoms with Crippen molar-refractivity contribution in [1.29, 1.82) is 0 Å². The smallest absolute Gasteiger partial charge is 0.0308 e. The lowest BCUT2D eigenvalue weighted by molar-refractivity contribution is 0.159. The van der Waals surface area contributed by atoms with Gasteiger partial charge in [0.2, 0.25) is 0 Å². The van der Waals surface area contributed by atoms with Crippen molar-refractivity contribution in [3.8, 4) is 0 Å². The van der Waals surface area contributed by atoms with Crippen molar-refractivity contribution in [2.24, 2.45) is 0 Å². The summed E-state index contributed by atoms with van der Waals surface area (Å²) in [5.41, 5.74) is 3.33. The first kappa shape index (κ1) is 15.1. The Morgan fingerprint density at radius 1 is 1.00 bits per heavy atom. The summed E-state index contributed by atoms with van der Waals surface area (Å²) in [5, 5.41) is 3.89. The first-order valence-corrected chi connectivity index (χ1v) is 8.85. The Bertz CT molecular complexity index is 431. The Balaban J connectivity index is 1.65. The molecule has 21 heavy (non-hydrogen) atoms. The quantitative estimate of drug-likeness (QED) is 0.910. The van der Waals surface area contributed by atoms with Gasteiger partial charge in [0, 0.05) is 18.6 Å². The van der Waals surface area contributed by atoms with Crippen LogP contribution in [0.15, 0.2) is 24.3 Å². The Hall–Kier alpha value is -0.860. The molecule has 1 N–H and O–H groups in total. The van der Waals surface area contributed by atoms with Crippen molar-refractivity contribution in [2.45, 2.75) is 64.0 Å². The lowest BCUT2D eigenvalue weighted by Gasteiger charge is -2.40. The van der Waals surface area contributed by atoms with Gasteiger partial charge in [-0.05, 0) is 49.9 Å². The van der Waals surface area contributed by atoms with Gasteiger partial charge in [0.05, 0.1) is 0 Å². The van der Waals surface area contributed by atoms with Gasteiger partial charge in [-0.1, -0.05) is 50.5 Å². The fourth-order valence-electron chi connectivity index (χ4n) is 4.06. The molecule has 1 saturated heterocycles. The molecule has 1 aliphatic carbocycles. The summed E-state index contributed by atoms with van der Waals surface area (Å²) in [7, 11) is 0. The molecule has 3 rings (SSSR count). The predicted octanol–water partition coefficient (Wildman–Crippen LogP) is 3.75. The molecule has 2 heteroatoms. The van der Waals surface area contributed by atoms with Gasteiger partial charge in [-0.15, -0.1) is 0 Å². The maximum absolute atomic E-state index is 3.89. The molecule has 0 unspecified atom stereocenters. The first-order chi connectivity index (χ1) is 10.3. The van der Waals surface area contributed by atoms with Gasteiger partial charge in [0.1, 0.15) is 0 Å². The van der Waals surface area contributed by atoms with E-state index in [-0.39, 0.29) is 0 Å². The second kappa shape index (κ2) is 6.93. The highest BCUT2D eigenvalue weighted by atomic mass is 15.2. The molecule has 1 aromatic carbocycles. The van der Waals surface area contributed by atoms with Crippen LogP contribution in [0, 0.1) is 0 Å². The zero-order valence-corrected chi connectivity index (χ0v) is 13.5. The monoisotopic (exact) mass is 286 g/mol. The van der Waals surface area contributed by atoms with E-state index in [9.17, 15) is 0 Å². The summed E-state index contributed by atoms with van der Waals surface area (Å²) >= 11 is 0. The third-order valence-corrected chi connectivity index (χ3v) is 5.33. The summed E-state index contributed by atoms with van der Waals surface area (Å²) in [4.78, 5) is 2.69. The summed E-state index contributed by atoms with van der Waals surface area (Å²) in [6.45, 7) is 7.02. The SMILES string of the molecule is CCc1ccc(CN2CCCNC3(CCCCC3)C2)cc1. The van der Waals surface area contributed by atoms with Crippen molar-refractivity contribution in [3.63, 3.8) is 0 Å². The average molecular weight is 286 g/mol. The predicted molar refractivity (Wildman–Crippen MR) is 89.5 cm³/mol. The molecule has 0 aromatic heterocycles. The molecular weight excluding hydrogens is 256 g/mol. The third kappa shape index (κ3) is 3.87. The van der Waals surface area contributed by atoms with E-state index in [4.69, 9.17) is 0 Å². The maximum atomic E-state index is 3.89. The van der Waals surface area contributed by atoms with E-state index < -0.39 is 0 Å². The number of nitrogens with zero attached hydrogens (tertiary/aromatic N) is 1. The number of hydrogen-bond acceptors (Lipinski definition) is 2. The van der Waals surface area contributed by atoms with E-state index in [0.29, 0.717) is 5.54 Å². The molecule has 2 nitrogen and oxygen atoms in total. The molecule has 1 heterocycles. The fourth-order valence-corrected chi connectivity index (χ4v) is 4.06. The summed E-state index contributed by atoms with van der Waals surface area (Å²) in [5.74, 6) is 0. The average Bonchev–Trinajstić information content (AvgIpc) is 2.71. The van der Waals surface area contributed by atoms with Gasteiger partial charge in [-0.25, -0.2) is 0 Å².